The summed E-state index contributed by atoms with van der Waals surface area (Å²) in [5, 5.41) is 6.10. The van der Waals surface area contributed by atoms with Crippen LogP contribution in [0.2, 0.25) is 0 Å². The lowest BCUT2D eigenvalue weighted by atomic mass is 10.1. The number of nitrogens with one attached hydrogen (secondary N) is 1. The Hall–Kier alpha value is -1.45. The summed E-state index contributed by atoms with van der Waals surface area (Å²) in [4.78, 5) is 6.83. The standard InChI is InChI=1S/C17H23N3/c1-13(20(2)16-7-8-16)9-18-11-15-12-19-10-14-5-3-4-6-17(14)15/h3-6,10,12-13,16,18H,7-9,11H2,1-2H3. The molecule has 3 rings (SSSR count). The molecule has 1 aromatic carbocycles. The molecule has 1 saturated carbocycles. The number of pyridine rings is 1. The van der Waals surface area contributed by atoms with Crippen LogP contribution in [0.15, 0.2) is 36.7 Å². The molecule has 0 saturated heterocycles. The Bertz CT molecular complexity index is 572. The monoisotopic (exact) mass is 269 g/mol. The van der Waals surface area contributed by atoms with Crippen molar-refractivity contribution in [2.75, 3.05) is 13.6 Å². The molecule has 1 fully saturated rings. The molecule has 1 N–H and O–H groups in total. The molecular weight excluding hydrogens is 246 g/mol. The first-order valence-electron chi connectivity index (χ1n) is 7.50. The number of aromatic nitrogens is 1. The smallest absolute Gasteiger partial charge is 0.0346 e. The molecule has 106 valence electrons. The van der Waals surface area contributed by atoms with Gasteiger partial charge in [0, 0.05) is 43.0 Å². The number of likely N-dealkylation sites (N-methyl/N-ethyl adjacent to an activating group) is 1. The van der Waals surface area contributed by atoms with Gasteiger partial charge in [-0.05, 0) is 37.8 Å². The highest BCUT2D eigenvalue weighted by atomic mass is 15.2. The largest absolute Gasteiger partial charge is 0.311 e. The van der Waals surface area contributed by atoms with E-state index in [-0.39, 0.29) is 0 Å². The van der Waals surface area contributed by atoms with Crippen LogP contribution in [0.1, 0.15) is 25.3 Å². The van der Waals surface area contributed by atoms with Gasteiger partial charge in [0.05, 0.1) is 0 Å². The molecule has 1 atom stereocenters. The third-order valence-electron chi connectivity index (χ3n) is 4.32. The minimum absolute atomic E-state index is 0.588. The molecule has 1 unspecified atom stereocenters. The Balaban J connectivity index is 1.59. The third kappa shape index (κ3) is 3.00. The van der Waals surface area contributed by atoms with Crippen molar-refractivity contribution in [2.24, 2.45) is 0 Å². The van der Waals surface area contributed by atoms with Gasteiger partial charge in [0.1, 0.15) is 0 Å². The van der Waals surface area contributed by atoms with Crippen LogP contribution < -0.4 is 5.32 Å². The van der Waals surface area contributed by atoms with Crippen molar-refractivity contribution < 1.29 is 0 Å². The molecule has 1 heterocycles. The molecule has 0 amide bonds. The molecule has 0 aliphatic heterocycles. The summed E-state index contributed by atoms with van der Waals surface area (Å²) in [6, 6.07) is 9.86. The summed E-state index contributed by atoms with van der Waals surface area (Å²) < 4.78 is 0. The second-order valence-corrected chi connectivity index (χ2v) is 5.90. The number of fused-ring (bicyclic) bond motifs is 1. The molecule has 3 heteroatoms. The van der Waals surface area contributed by atoms with Gasteiger partial charge >= 0.3 is 0 Å². The van der Waals surface area contributed by atoms with E-state index in [2.05, 4.69) is 53.4 Å². The fourth-order valence-electron chi connectivity index (χ4n) is 2.72. The fraction of sp³-hybridized carbons (Fsp3) is 0.471. The van der Waals surface area contributed by atoms with Crippen LogP contribution in [-0.2, 0) is 6.54 Å². The summed E-state index contributed by atoms with van der Waals surface area (Å²) in [5.41, 5.74) is 1.28. The van der Waals surface area contributed by atoms with Crippen LogP contribution in [-0.4, -0.2) is 35.6 Å². The topological polar surface area (TPSA) is 28.2 Å². The Morgan fingerprint density at radius 3 is 2.90 bits per heavy atom. The van der Waals surface area contributed by atoms with Crippen LogP contribution in [0.3, 0.4) is 0 Å². The Morgan fingerprint density at radius 1 is 1.30 bits per heavy atom. The Kier molecular flexibility index (Phi) is 3.99. The Labute approximate surface area is 121 Å². The number of hydrogen-bond acceptors (Lipinski definition) is 3. The normalized spacial score (nSPS) is 16.8. The zero-order valence-electron chi connectivity index (χ0n) is 12.3. The van der Waals surface area contributed by atoms with Crippen molar-refractivity contribution in [3.8, 4) is 0 Å². The maximum atomic E-state index is 4.33. The fourth-order valence-corrected chi connectivity index (χ4v) is 2.72. The lowest BCUT2D eigenvalue weighted by molar-refractivity contribution is 0.241. The van der Waals surface area contributed by atoms with Crippen molar-refractivity contribution in [1.29, 1.82) is 0 Å². The molecule has 1 aromatic heterocycles. The highest BCUT2D eigenvalue weighted by Crippen LogP contribution is 2.26. The molecule has 0 spiro atoms. The number of nitrogens with zero attached hydrogens (tertiary/aromatic N) is 2. The van der Waals surface area contributed by atoms with Gasteiger partial charge in [-0.25, -0.2) is 0 Å². The summed E-state index contributed by atoms with van der Waals surface area (Å²) in [6.45, 7) is 4.21. The maximum Gasteiger partial charge on any atom is 0.0346 e. The van der Waals surface area contributed by atoms with Gasteiger partial charge < -0.3 is 5.32 Å². The van der Waals surface area contributed by atoms with E-state index in [1.165, 1.54) is 29.2 Å². The summed E-state index contributed by atoms with van der Waals surface area (Å²) in [6.07, 6.45) is 6.65. The van der Waals surface area contributed by atoms with Gasteiger partial charge in [-0.2, -0.15) is 0 Å². The quantitative estimate of drug-likeness (QED) is 0.874. The first-order valence-corrected chi connectivity index (χ1v) is 7.50. The van der Waals surface area contributed by atoms with E-state index in [9.17, 15) is 0 Å². The Morgan fingerprint density at radius 2 is 2.10 bits per heavy atom. The third-order valence-corrected chi connectivity index (χ3v) is 4.32. The van der Waals surface area contributed by atoms with Crippen LogP contribution in [0.25, 0.3) is 10.8 Å². The highest BCUT2D eigenvalue weighted by Gasteiger charge is 2.28. The van der Waals surface area contributed by atoms with E-state index >= 15 is 0 Å². The average molecular weight is 269 g/mol. The number of benzene rings is 1. The summed E-state index contributed by atoms with van der Waals surface area (Å²) >= 11 is 0. The predicted octanol–water partition coefficient (Wildman–Crippen LogP) is 2.81. The van der Waals surface area contributed by atoms with E-state index in [1.54, 1.807) is 0 Å². The van der Waals surface area contributed by atoms with Crippen LogP contribution >= 0.6 is 0 Å². The first-order chi connectivity index (χ1) is 9.75. The van der Waals surface area contributed by atoms with Crippen LogP contribution in [0.5, 0.6) is 0 Å². The predicted molar refractivity (Wildman–Crippen MR) is 83.7 cm³/mol. The minimum Gasteiger partial charge on any atom is -0.311 e. The molecule has 20 heavy (non-hydrogen) atoms. The van der Waals surface area contributed by atoms with E-state index in [0.717, 1.165) is 19.1 Å². The van der Waals surface area contributed by atoms with Crippen molar-refractivity contribution in [2.45, 2.75) is 38.4 Å². The van der Waals surface area contributed by atoms with Crippen molar-refractivity contribution in [3.05, 3.63) is 42.2 Å². The lowest BCUT2D eigenvalue weighted by Gasteiger charge is -2.24. The highest BCUT2D eigenvalue weighted by molar-refractivity contribution is 5.84. The molecule has 1 aliphatic rings. The minimum atomic E-state index is 0.588. The van der Waals surface area contributed by atoms with Gasteiger partial charge in [0.2, 0.25) is 0 Å². The molecular formula is C17H23N3. The van der Waals surface area contributed by atoms with Crippen LogP contribution in [0.4, 0.5) is 0 Å². The van der Waals surface area contributed by atoms with Crippen molar-refractivity contribution in [1.82, 2.24) is 15.2 Å². The molecule has 1 aliphatic carbocycles. The van der Waals surface area contributed by atoms with E-state index in [0.29, 0.717) is 6.04 Å². The molecule has 0 bridgehead atoms. The summed E-state index contributed by atoms with van der Waals surface area (Å²) in [7, 11) is 2.24. The molecule has 2 aromatic rings. The maximum absolute atomic E-state index is 4.33. The van der Waals surface area contributed by atoms with Gasteiger partial charge in [0.15, 0.2) is 0 Å². The van der Waals surface area contributed by atoms with Crippen molar-refractivity contribution in [3.63, 3.8) is 0 Å². The van der Waals surface area contributed by atoms with E-state index in [4.69, 9.17) is 0 Å². The average Bonchev–Trinajstić information content (AvgIpc) is 3.31. The van der Waals surface area contributed by atoms with E-state index < -0.39 is 0 Å². The van der Waals surface area contributed by atoms with Gasteiger partial charge in [-0.3, -0.25) is 9.88 Å². The van der Waals surface area contributed by atoms with Gasteiger partial charge in [0.25, 0.3) is 0 Å². The van der Waals surface area contributed by atoms with E-state index in [1.807, 2.05) is 12.4 Å². The zero-order valence-corrected chi connectivity index (χ0v) is 12.3. The summed E-state index contributed by atoms with van der Waals surface area (Å²) in [5.74, 6) is 0. The molecule has 0 radical (unpaired) electrons. The molecule has 3 nitrogen and oxygen atoms in total. The van der Waals surface area contributed by atoms with Crippen LogP contribution in [0, 0.1) is 0 Å². The second-order valence-electron chi connectivity index (χ2n) is 5.90. The second kappa shape index (κ2) is 5.90. The first kappa shape index (κ1) is 13.5. The number of hydrogen-bond donors (Lipinski definition) is 1. The van der Waals surface area contributed by atoms with Gasteiger partial charge in [-0.1, -0.05) is 24.3 Å². The van der Waals surface area contributed by atoms with Crippen molar-refractivity contribution >= 4 is 10.8 Å². The SMILES string of the molecule is CC(CNCc1cncc2ccccc12)N(C)C1CC1. The zero-order chi connectivity index (χ0) is 13.9. The van der Waals surface area contributed by atoms with Gasteiger partial charge in [-0.15, -0.1) is 0 Å². The number of rotatable bonds is 6. The lowest BCUT2D eigenvalue weighted by Crippen LogP contribution is -2.38.